The average molecular weight is 336 g/mol. The number of urea groups is 1. The van der Waals surface area contributed by atoms with Crippen LogP contribution < -0.4 is 10.1 Å². The second-order valence-corrected chi connectivity index (χ2v) is 4.54. The predicted molar refractivity (Wildman–Crippen MR) is 77.5 cm³/mol. The maximum Gasteiger partial charge on any atom is 0.411 e. The fourth-order valence-electron chi connectivity index (χ4n) is 1.70. The van der Waals surface area contributed by atoms with Gasteiger partial charge in [0.05, 0.1) is 20.3 Å². The summed E-state index contributed by atoms with van der Waals surface area (Å²) in [6, 6.07) is 6.05. The second kappa shape index (κ2) is 9.21. The van der Waals surface area contributed by atoms with Gasteiger partial charge in [-0.2, -0.15) is 13.2 Å². The minimum Gasteiger partial charge on any atom is -0.497 e. The van der Waals surface area contributed by atoms with Crippen LogP contribution in [-0.4, -0.2) is 62.2 Å². The Morgan fingerprint density at radius 1 is 1.35 bits per heavy atom. The van der Waals surface area contributed by atoms with Gasteiger partial charge in [0.15, 0.2) is 0 Å². The summed E-state index contributed by atoms with van der Waals surface area (Å²) in [5.41, 5.74) is 0.466. The maximum absolute atomic E-state index is 12.1. The number of nitrogens with one attached hydrogen (secondary N) is 1. The smallest absolute Gasteiger partial charge is 0.411 e. The fourth-order valence-corrected chi connectivity index (χ4v) is 1.70. The Morgan fingerprint density at radius 3 is 2.70 bits per heavy atom. The number of anilines is 1. The number of hydrogen-bond donors (Lipinski definition) is 2. The van der Waals surface area contributed by atoms with Crippen molar-refractivity contribution in [2.24, 2.45) is 0 Å². The average Bonchev–Trinajstić information content (AvgIpc) is 2.49. The van der Waals surface area contributed by atoms with Crippen LogP contribution in [0.4, 0.5) is 23.7 Å². The molecule has 9 heteroatoms. The third-order valence-electron chi connectivity index (χ3n) is 2.75. The molecule has 0 saturated heterocycles. The Kier molecular flexibility index (Phi) is 7.63. The normalized spacial score (nSPS) is 11.2. The Hall–Kier alpha value is -2.00. The summed E-state index contributed by atoms with van der Waals surface area (Å²) in [7, 11) is 1.48. The van der Waals surface area contributed by atoms with Gasteiger partial charge in [-0.05, 0) is 12.1 Å². The fraction of sp³-hybridized carbons (Fsp3) is 0.500. The van der Waals surface area contributed by atoms with Gasteiger partial charge in [0, 0.05) is 24.8 Å². The monoisotopic (exact) mass is 336 g/mol. The summed E-state index contributed by atoms with van der Waals surface area (Å²) in [6.07, 6.45) is -4.41. The number of alkyl halides is 3. The molecule has 0 unspecified atom stereocenters. The summed E-state index contributed by atoms with van der Waals surface area (Å²) >= 11 is 0. The number of aliphatic hydroxyl groups is 1. The van der Waals surface area contributed by atoms with E-state index in [9.17, 15) is 18.0 Å². The lowest BCUT2D eigenvalue weighted by atomic mass is 10.3. The van der Waals surface area contributed by atoms with E-state index in [1.54, 1.807) is 24.3 Å². The summed E-state index contributed by atoms with van der Waals surface area (Å²) in [6.45, 7) is -2.08. The molecule has 0 aliphatic heterocycles. The van der Waals surface area contributed by atoms with Crippen LogP contribution in [-0.2, 0) is 4.74 Å². The molecule has 1 aromatic rings. The number of benzene rings is 1. The van der Waals surface area contributed by atoms with Gasteiger partial charge in [0.25, 0.3) is 0 Å². The molecule has 130 valence electrons. The molecular formula is C14H19F3N2O4. The number of rotatable bonds is 8. The number of aliphatic hydroxyl groups excluding tert-OH is 1. The lowest BCUT2D eigenvalue weighted by Crippen LogP contribution is -2.39. The Morgan fingerprint density at radius 2 is 2.09 bits per heavy atom. The van der Waals surface area contributed by atoms with E-state index in [-0.39, 0.29) is 26.3 Å². The molecule has 0 aliphatic carbocycles. The molecular weight excluding hydrogens is 317 g/mol. The van der Waals surface area contributed by atoms with Gasteiger partial charge >= 0.3 is 12.2 Å². The Balaban J connectivity index is 2.53. The van der Waals surface area contributed by atoms with Crippen molar-refractivity contribution >= 4 is 11.7 Å². The van der Waals surface area contributed by atoms with Crippen molar-refractivity contribution < 1.29 is 32.5 Å². The highest BCUT2D eigenvalue weighted by Crippen LogP contribution is 2.17. The lowest BCUT2D eigenvalue weighted by Gasteiger charge is -2.22. The van der Waals surface area contributed by atoms with Crippen LogP contribution in [0.5, 0.6) is 5.75 Å². The molecule has 0 aromatic heterocycles. The zero-order chi connectivity index (χ0) is 17.3. The van der Waals surface area contributed by atoms with Crippen molar-refractivity contribution in [3.63, 3.8) is 0 Å². The Bertz CT molecular complexity index is 497. The largest absolute Gasteiger partial charge is 0.497 e. The van der Waals surface area contributed by atoms with Crippen LogP contribution in [0.25, 0.3) is 0 Å². The molecule has 6 nitrogen and oxygen atoms in total. The molecule has 2 N–H and O–H groups in total. The number of nitrogens with zero attached hydrogens (tertiary/aromatic N) is 1. The zero-order valence-electron chi connectivity index (χ0n) is 12.6. The molecule has 0 spiro atoms. The summed E-state index contributed by atoms with van der Waals surface area (Å²) in [5.74, 6) is 0.546. The summed E-state index contributed by atoms with van der Waals surface area (Å²) < 4.78 is 45.4. The molecule has 0 saturated carbocycles. The van der Waals surface area contributed by atoms with Crippen molar-refractivity contribution in [2.45, 2.75) is 6.18 Å². The number of hydrogen-bond acceptors (Lipinski definition) is 4. The van der Waals surface area contributed by atoms with E-state index in [0.29, 0.717) is 11.4 Å². The van der Waals surface area contributed by atoms with Crippen LogP contribution in [0.1, 0.15) is 0 Å². The highest BCUT2D eigenvalue weighted by molar-refractivity contribution is 5.89. The highest BCUT2D eigenvalue weighted by atomic mass is 19.4. The molecule has 0 aliphatic rings. The number of carbonyl (C=O) groups is 1. The van der Waals surface area contributed by atoms with E-state index in [4.69, 9.17) is 9.84 Å². The molecule has 0 fully saturated rings. The standard InChI is InChI=1S/C14H19F3N2O4/c1-22-12-4-2-3-11(9-12)18-13(21)19(5-7-20)6-8-23-10-14(15,16)17/h2-4,9,20H,5-8,10H2,1H3,(H,18,21). The van der Waals surface area contributed by atoms with E-state index in [1.807, 2.05) is 0 Å². The van der Waals surface area contributed by atoms with Gasteiger partial charge in [-0.25, -0.2) is 4.79 Å². The van der Waals surface area contributed by atoms with Gasteiger partial charge in [0.1, 0.15) is 12.4 Å². The first-order valence-corrected chi connectivity index (χ1v) is 6.81. The topological polar surface area (TPSA) is 71.0 Å². The minimum absolute atomic E-state index is 0.0226. The van der Waals surface area contributed by atoms with Crippen molar-refractivity contribution in [2.75, 3.05) is 45.3 Å². The maximum atomic E-state index is 12.1. The van der Waals surface area contributed by atoms with Gasteiger partial charge < -0.3 is 24.8 Å². The third kappa shape index (κ3) is 7.71. The first-order chi connectivity index (χ1) is 10.9. The van der Waals surface area contributed by atoms with Crippen molar-refractivity contribution in [1.82, 2.24) is 4.90 Å². The molecule has 1 rings (SSSR count). The summed E-state index contributed by atoms with van der Waals surface area (Å²) in [4.78, 5) is 13.2. The second-order valence-electron chi connectivity index (χ2n) is 4.54. The highest BCUT2D eigenvalue weighted by Gasteiger charge is 2.27. The van der Waals surface area contributed by atoms with Crippen LogP contribution in [0.15, 0.2) is 24.3 Å². The molecule has 0 atom stereocenters. The van der Waals surface area contributed by atoms with E-state index in [2.05, 4.69) is 10.1 Å². The number of carbonyl (C=O) groups excluding carboxylic acids is 1. The Labute approximate surface area is 131 Å². The molecule has 0 bridgehead atoms. The van der Waals surface area contributed by atoms with Crippen molar-refractivity contribution in [1.29, 1.82) is 0 Å². The van der Waals surface area contributed by atoms with Crippen LogP contribution >= 0.6 is 0 Å². The number of methoxy groups -OCH3 is 1. The number of ether oxygens (including phenoxy) is 2. The molecule has 23 heavy (non-hydrogen) atoms. The minimum atomic E-state index is -4.41. The molecule has 2 amide bonds. The van der Waals surface area contributed by atoms with Gasteiger partial charge in [0.2, 0.25) is 0 Å². The molecule has 0 radical (unpaired) electrons. The lowest BCUT2D eigenvalue weighted by molar-refractivity contribution is -0.174. The van der Waals surface area contributed by atoms with Gasteiger partial charge in [-0.15, -0.1) is 0 Å². The van der Waals surface area contributed by atoms with Gasteiger partial charge in [-0.3, -0.25) is 0 Å². The van der Waals surface area contributed by atoms with Gasteiger partial charge in [-0.1, -0.05) is 6.07 Å². The van der Waals surface area contributed by atoms with Crippen LogP contribution in [0.2, 0.25) is 0 Å². The zero-order valence-corrected chi connectivity index (χ0v) is 12.6. The number of halogens is 3. The molecule has 1 aromatic carbocycles. The van der Waals surface area contributed by atoms with E-state index >= 15 is 0 Å². The van der Waals surface area contributed by atoms with Crippen molar-refractivity contribution in [3.8, 4) is 5.75 Å². The first kappa shape index (κ1) is 19.0. The number of amides is 2. The molecule has 0 heterocycles. The predicted octanol–water partition coefficient (Wildman–Crippen LogP) is 2.10. The van der Waals surface area contributed by atoms with Crippen molar-refractivity contribution in [3.05, 3.63) is 24.3 Å². The van der Waals surface area contributed by atoms with Crippen LogP contribution in [0.3, 0.4) is 0 Å². The van der Waals surface area contributed by atoms with E-state index in [0.717, 1.165) is 4.90 Å². The SMILES string of the molecule is COc1cccc(NC(=O)N(CCO)CCOCC(F)(F)F)c1. The first-order valence-electron chi connectivity index (χ1n) is 6.81. The van der Waals surface area contributed by atoms with Crippen LogP contribution in [0, 0.1) is 0 Å². The van der Waals surface area contributed by atoms with E-state index in [1.165, 1.54) is 7.11 Å². The van der Waals surface area contributed by atoms with E-state index < -0.39 is 18.8 Å². The third-order valence-corrected chi connectivity index (χ3v) is 2.75. The quantitative estimate of drug-likeness (QED) is 0.713. The summed E-state index contributed by atoms with van der Waals surface area (Å²) in [5, 5.41) is 11.5.